The number of aliphatic hydroxyl groups excluding tert-OH is 1. The highest BCUT2D eigenvalue weighted by Crippen LogP contribution is 2.40. The number of halogens is 1. The number of methoxy groups -OCH3 is 1. The maximum atomic E-state index is 9.73. The molecule has 0 heterocycles. The van der Waals surface area contributed by atoms with Crippen LogP contribution in [0.15, 0.2) is 10.5 Å². The number of nitrogens with two attached hydrogens (primary N) is 1. The molecule has 15 heavy (non-hydrogen) atoms. The number of hydrogen-bond donors (Lipinski definition) is 3. The Balaban J connectivity index is 3.43. The van der Waals surface area contributed by atoms with Crippen LogP contribution in [0.5, 0.6) is 11.5 Å². The molecule has 0 saturated carbocycles. The molecule has 1 aromatic carbocycles. The fourth-order valence-corrected chi connectivity index (χ4v) is 1.89. The Hall–Kier alpha value is -0.780. The first-order valence-corrected chi connectivity index (χ1v) is 5.26. The van der Waals surface area contributed by atoms with Crippen molar-refractivity contribution in [2.45, 2.75) is 13.0 Å². The van der Waals surface area contributed by atoms with E-state index in [-0.39, 0.29) is 18.0 Å². The lowest BCUT2D eigenvalue weighted by atomic mass is 10.0. The number of ether oxygens (including phenoxy) is 1. The molecule has 0 aliphatic carbocycles. The standard InChI is InChI=1S/C10H14BrNO3/c1-5-6(11)3-7(13)10(15-2)9(5)8(14)4-12/h3,8,13-14H,4,12H2,1-2H3. The maximum absolute atomic E-state index is 9.73. The van der Waals surface area contributed by atoms with Crippen molar-refractivity contribution in [2.24, 2.45) is 5.73 Å². The van der Waals surface area contributed by atoms with E-state index in [1.807, 2.05) is 6.92 Å². The molecule has 0 saturated heterocycles. The summed E-state index contributed by atoms with van der Waals surface area (Å²) in [5.74, 6) is 0.256. The van der Waals surface area contributed by atoms with Crippen molar-refractivity contribution in [3.63, 3.8) is 0 Å². The summed E-state index contributed by atoms with van der Waals surface area (Å²) in [7, 11) is 1.44. The fraction of sp³-hybridized carbons (Fsp3) is 0.400. The van der Waals surface area contributed by atoms with E-state index < -0.39 is 6.10 Å². The molecular weight excluding hydrogens is 262 g/mol. The normalized spacial score (nSPS) is 12.6. The number of hydrogen-bond acceptors (Lipinski definition) is 4. The molecule has 1 aromatic rings. The minimum Gasteiger partial charge on any atom is -0.504 e. The van der Waals surface area contributed by atoms with Crippen molar-refractivity contribution in [3.8, 4) is 11.5 Å². The van der Waals surface area contributed by atoms with E-state index in [0.717, 1.165) is 5.56 Å². The van der Waals surface area contributed by atoms with Crippen molar-refractivity contribution in [3.05, 3.63) is 21.7 Å². The Kier molecular flexibility index (Phi) is 3.96. The average Bonchev–Trinajstić information content (AvgIpc) is 2.21. The van der Waals surface area contributed by atoms with Gasteiger partial charge >= 0.3 is 0 Å². The molecule has 0 aliphatic heterocycles. The largest absolute Gasteiger partial charge is 0.504 e. The predicted octanol–water partition coefficient (Wildman–Crippen LogP) is 1.46. The van der Waals surface area contributed by atoms with Gasteiger partial charge in [-0.15, -0.1) is 0 Å². The van der Waals surface area contributed by atoms with Crippen LogP contribution in [0.1, 0.15) is 17.2 Å². The van der Waals surface area contributed by atoms with Crippen LogP contribution in [0.4, 0.5) is 0 Å². The van der Waals surface area contributed by atoms with Crippen LogP contribution in [0.2, 0.25) is 0 Å². The third kappa shape index (κ3) is 2.25. The summed E-state index contributed by atoms with van der Waals surface area (Å²) < 4.78 is 5.76. The molecule has 0 aliphatic rings. The predicted molar refractivity (Wildman–Crippen MR) is 61.1 cm³/mol. The summed E-state index contributed by atoms with van der Waals surface area (Å²) in [6, 6.07) is 1.53. The molecule has 1 unspecified atom stereocenters. The summed E-state index contributed by atoms with van der Waals surface area (Å²) in [5, 5.41) is 19.4. The molecule has 0 aromatic heterocycles. The van der Waals surface area contributed by atoms with Crippen LogP contribution in [0.25, 0.3) is 0 Å². The second kappa shape index (κ2) is 4.83. The van der Waals surface area contributed by atoms with Gasteiger partial charge in [-0.05, 0) is 18.6 Å². The first-order chi connectivity index (χ1) is 7.02. The van der Waals surface area contributed by atoms with Crippen LogP contribution in [0, 0.1) is 6.92 Å². The molecule has 5 heteroatoms. The second-order valence-corrected chi connectivity index (χ2v) is 4.06. The van der Waals surface area contributed by atoms with Gasteiger partial charge in [0.15, 0.2) is 11.5 Å². The second-order valence-electron chi connectivity index (χ2n) is 3.20. The van der Waals surface area contributed by atoms with Crippen molar-refractivity contribution in [1.82, 2.24) is 0 Å². The molecule has 1 atom stereocenters. The van der Waals surface area contributed by atoms with Gasteiger partial charge in [-0.2, -0.15) is 0 Å². The third-order valence-corrected chi connectivity index (χ3v) is 3.09. The van der Waals surface area contributed by atoms with E-state index >= 15 is 0 Å². The van der Waals surface area contributed by atoms with Gasteiger partial charge in [0.05, 0.1) is 13.2 Å². The van der Waals surface area contributed by atoms with Gasteiger partial charge in [0.1, 0.15) is 0 Å². The summed E-state index contributed by atoms with van der Waals surface area (Å²) in [5.41, 5.74) is 6.72. The number of benzene rings is 1. The maximum Gasteiger partial charge on any atom is 0.166 e. The summed E-state index contributed by atoms with van der Waals surface area (Å²) >= 11 is 3.29. The molecule has 0 radical (unpaired) electrons. The average molecular weight is 276 g/mol. The highest BCUT2D eigenvalue weighted by molar-refractivity contribution is 9.10. The van der Waals surface area contributed by atoms with Gasteiger partial charge in [-0.3, -0.25) is 0 Å². The zero-order chi connectivity index (χ0) is 11.6. The number of aliphatic hydroxyl groups is 1. The van der Waals surface area contributed by atoms with Crippen LogP contribution in [-0.4, -0.2) is 23.9 Å². The lowest BCUT2D eigenvalue weighted by Gasteiger charge is -2.18. The van der Waals surface area contributed by atoms with Crippen molar-refractivity contribution >= 4 is 15.9 Å². The van der Waals surface area contributed by atoms with E-state index in [2.05, 4.69) is 15.9 Å². The molecule has 4 nitrogen and oxygen atoms in total. The van der Waals surface area contributed by atoms with E-state index in [1.165, 1.54) is 13.2 Å². The van der Waals surface area contributed by atoms with Gasteiger partial charge < -0.3 is 20.7 Å². The van der Waals surface area contributed by atoms with E-state index in [0.29, 0.717) is 10.0 Å². The van der Waals surface area contributed by atoms with Crippen LogP contribution in [-0.2, 0) is 0 Å². The quantitative estimate of drug-likeness (QED) is 0.781. The summed E-state index contributed by atoms with van der Waals surface area (Å²) in [6.07, 6.45) is -0.844. The summed E-state index contributed by atoms with van der Waals surface area (Å²) in [6.45, 7) is 1.90. The highest BCUT2D eigenvalue weighted by atomic mass is 79.9. The number of aromatic hydroxyl groups is 1. The van der Waals surface area contributed by atoms with Gasteiger partial charge in [0, 0.05) is 16.6 Å². The fourth-order valence-electron chi connectivity index (χ4n) is 1.46. The number of rotatable bonds is 3. The molecule has 84 valence electrons. The lowest BCUT2D eigenvalue weighted by Crippen LogP contribution is -2.14. The van der Waals surface area contributed by atoms with Crippen LogP contribution >= 0.6 is 15.9 Å². The van der Waals surface area contributed by atoms with Crippen LogP contribution in [0.3, 0.4) is 0 Å². The topological polar surface area (TPSA) is 75.7 Å². The Labute approximate surface area is 96.8 Å². The number of phenolic OH excluding ortho intramolecular Hbond substituents is 1. The molecule has 0 spiro atoms. The molecule has 1 rings (SSSR count). The zero-order valence-corrected chi connectivity index (χ0v) is 10.2. The van der Waals surface area contributed by atoms with Crippen LogP contribution < -0.4 is 10.5 Å². The van der Waals surface area contributed by atoms with E-state index in [9.17, 15) is 10.2 Å². The minimum atomic E-state index is -0.844. The SMILES string of the molecule is COc1c(O)cc(Br)c(C)c1C(O)CN. The van der Waals surface area contributed by atoms with E-state index in [1.54, 1.807) is 0 Å². The smallest absolute Gasteiger partial charge is 0.166 e. The van der Waals surface area contributed by atoms with Crippen molar-refractivity contribution < 1.29 is 14.9 Å². The number of phenols is 1. The molecule has 4 N–H and O–H groups in total. The van der Waals surface area contributed by atoms with Gasteiger partial charge in [0.2, 0.25) is 0 Å². The van der Waals surface area contributed by atoms with Gasteiger partial charge in [-0.1, -0.05) is 15.9 Å². The molecule has 0 fully saturated rings. The van der Waals surface area contributed by atoms with Gasteiger partial charge in [-0.25, -0.2) is 0 Å². The highest BCUT2D eigenvalue weighted by Gasteiger charge is 2.20. The summed E-state index contributed by atoms with van der Waals surface area (Å²) in [4.78, 5) is 0. The monoisotopic (exact) mass is 275 g/mol. The van der Waals surface area contributed by atoms with Crippen molar-refractivity contribution in [2.75, 3.05) is 13.7 Å². The Morgan fingerprint density at radius 2 is 2.20 bits per heavy atom. The Morgan fingerprint density at radius 1 is 1.60 bits per heavy atom. The lowest BCUT2D eigenvalue weighted by molar-refractivity contribution is 0.180. The minimum absolute atomic E-state index is 0.0162. The molecule has 0 amide bonds. The molecular formula is C10H14BrNO3. The van der Waals surface area contributed by atoms with Crippen molar-refractivity contribution in [1.29, 1.82) is 0 Å². The Bertz CT molecular complexity index is 368. The van der Waals surface area contributed by atoms with Gasteiger partial charge in [0.25, 0.3) is 0 Å². The Morgan fingerprint density at radius 3 is 2.67 bits per heavy atom. The molecule has 0 bridgehead atoms. The zero-order valence-electron chi connectivity index (χ0n) is 8.62. The first kappa shape index (κ1) is 12.3. The van der Waals surface area contributed by atoms with E-state index in [4.69, 9.17) is 10.5 Å². The third-order valence-electron chi connectivity index (χ3n) is 2.26. The first-order valence-electron chi connectivity index (χ1n) is 4.47.